The van der Waals surface area contributed by atoms with E-state index in [9.17, 15) is 9.18 Å². The minimum Gasteiger partial charge on any atom is -0.343 e. The highest BCUT2D eigenvalue weighted by Gasteiger charge is 2.45. The van der Waals surface area contributed by atoms with Gasteiger partial charge in [0.25, 0.3) is 0 Å². The van der Waals surface area contributed by atoms with Gasteiger partial charge in [0.15, 0.2) is 11.6 Å². The van der Waals surface area contributed by atoms with E-state index >= 15 is 0 Å². The van der Waals surface area contributed by atoms with Crippen molar-refractivity contribution in [1.29, 1.82) is 0 Å². The summed E-state index contributed by atoms with van der Waals surface area (Å²) in [7, 11) is 0. The molecule has 28 heavy (non-hydrogen) atoms. The van der Waals surface area contributed by atoms with Gasteiger partial charge in [0, 0.05) is 17.7 Å². The highest BCUT2D eigenvalue weighted by molar-refractivity contribution is 7.71. The predicted molar refractivity (Wildman–Crippen MR) is 101 cm³/mol. The van der Waals surface area contributed by atoms with Crippen LogP contribution in [-0.2, 0) is 14.3 Å². The Labute approximate surface area is 165 Å². The monoisotopic (exact) mass is 397 g/mol. The zero-order valence-electron chi connectivity index (χ0n) is 14.7. The Bertz CT molecular complexity index is 1110. The van der Waals surface area contributed by atoms with Crippen molar-refractivity contribution in [2.45, 2.75) is 24.9 Å². The summed E-state index contributed by atoms with van der Waals surface area (Å²) in [6.45, 7) is 0.316. The summed E-state index contributed by atoms with van der Waals surface area (Å²) in [6, 6.07) is 15.3. The molecule has 0 radical (unpaired) electrons. The van der Waals surface area contributed by atoms with E-state index in [1.54, 1.807) is 21.4 Å². The second-order valence-corrected chi connectivity index (χ2v) is 7.17. The van der Waals surface area contributed by atoms with Crippen LogP contribution < -0.4 is 0 Å². The molecule has 5 rings (SSSR count). The van der Waals surface area contributed by atoms with Crippen molar-refractivity contribution in [3.8, 4) is 17.1 Å². The average Bonchev–Trinajstić information content (AvgIpc) is 3.28. The number of ether oxygens (including phenoxy) is 2. The van der Waals surface area contributed by atoms with Gasteiger partial charge in [-0.1, -0.05) is 30.3 Å². The van der Waals surface area contributed by atoms with Crippen LogP contribution in [0.5, 0.6) is 0 Å². The number of rotatable bonds is 3. The van der Waals surface area contributed by atoms with Crippen molar-refractivity contribution in [3.63, 3.8) is 0 Å². The third-order valence-corrected chi connectivity index (χ3v) is 5.40. The van der Waals surface area contributed by atoms with Crippen LogP contribution in [0.25, 0.3) is 17.1 Å². The molecule has 2 bridgehead atoms. The minimum absolute atomic E-state index is 0.123. The van der Waals surface area contributed by atoms with Gasteiger partial charge in [0.05, 0.1) is 12.6 Å². The van der Waals surface area contributed by atoms with Gasteiger partial charge in [-0.25, -0.2) is 9.07 Å². The van der Waals surface area contributed by atoms with Gasteiger partial charge in [-0.05, 0) is 36.5 Å². The van der Waals surface area contributed by atoms with Crippen LogP contribution in [0, 0.1) is 10.6 Å². The minimum atomic E-state index is -0.783. The molecule has 8 heteroatoms. The first-order chi connectivity index (χ1) is 13.6. The molecule has 2 fully saturated rings. The second kappa shape index (κ2) is 6.73. The lowest BCUT2D eigenvalue weighted by Crippen LogP contribution is -2.37. The first kappa shape index (κ1) is 17.4. The summed E-state index contributed by atoms with van der Waals surface area (Å²) >= 11 is 5.72. The average molecular weight is 397 g/mol. The number of Topliss-reactive ketones (excluding diaryl/α,β-unsaturated/α-hetero) is 1. The van der Waals surface area contributed by atoms with Crippen molar-refractivity contribution in [2.75, 3.05) is 6.61 Å². The van der Waals surface area contributed by atoms with Gasteiger partial charge in [0.1, 0.15) is 11.9 Å². The maximum Gasteiger partial charge on any atom is 0.218 e. The Hall–Kier alpha value is -2.68. The molecule has 0 N–H and O–H groups in total. The number of halogens is 1. The molecule has 2 saturated heterocycles. The number of carbonyl (C=O) groups excluding carboxylic acids is 1. The molecule has 142 valence electrons. The molecule has 1 aromatic heterocycles. The van der Waals surface area contributed by atoms with Crippen molar-refractivity contribution in [2.24, 2.45) is 0 Å². The lowest BCUT2D eigenvalue weighted by molar-refractivity contribution is -0.156. The molecule has 0 saturated carbocycles. The van der Waals surface area contributed by atoms with Gasteiger partial charge in [0.2, 0.25) is 11.1 Å². The Morgan fingerprint density at radius 1 is 1.14 bits per heavy atom. The van der Waals surface area contributed by atoms with Gasteiger partial charge in [-0.3, -0.25) is 9.36 Å². The summed E-state index contributed by atoms with van der Waals surface area (Å²) < 4.78 is 28.8. The maximum absolute atomic E-state index is 13.9. The predicted octanol–water partition coefficient (Wildman–Crippen LogP) is 3.46. The Morgan fingerprint density at radius 3 is 2.75 bits per heavy atom. The van der Waals surface area contributed by atoms with Gasteiger partial charge < -0.3 is 9.47 Å². The number of nitrogens with zero attached hydrogens (tertiary/aromatic N) is 3. The zero-order chi connectivity index (χ0) is 19.3. The molecule has 2 aliphatic heterocycles. The van der Waals surface area contributed by atoms with E-state index in [4.69, 9.17) is 26.8 Å². The molecule has 0 spiro atoms. The third-order valence-electron chi connectivity index (χ3n) is 5.03. The molecular formula is C20H16FN3O3S. The van der Waals surface area contributed by atoms with Crippen LogP contribution in [0.4, 0.5) is 4.39 Å². The van der Waals surface area contributed by atoms with Crippen LogP contribution in [0.1, 0.15) is 12.5 Å². The Balaban J connectivity index is 1.70. The van der Waals surface area contributed by atoms with E-state index in [-0.39, 0.29) is 30.2 Å². The normalized spacial score (nSPS) is 23.9. The quantitative estimate of drug-likeness (QED) is 0.634. The fourth-order valence-electron chi connectivity index (χ4n) is 3.69. The number of aromatic nitrogens is 3. The summed E-state index contributed by atoms with van der Waals surface area (Å²) in [5, 5.41) is 4.69. The number of carbonyl (C=O) groups is 1. The van der Waals surface area contributed by atoms with Crippen molar-refractivity contribution < 1.29 is 18.7 Å². The maximum atomic E-state index is 13.9. The van der Waals surface area contributed by atoms with E-state index in [1.807, 2.05) is 30.3 Å². The highest BCUT2D eigenvalue weighted by Crippen LogP contribution is 2.34. The van der Waals surface area contributed by atoms with Gasteiger partial charge in [-0.2, -0.15) is 5.10 Å². The standard InChI is InChI=1S/C20H16FN3O3S/c21-13-6-4-5-12(9-13)18-22-24(15-10-16(25)19-26-11-17(15)27-19)20(28)23(18)14-7-2-1-3-8-14/h1-9,15,17,19H,10-11H2/t15-,17+,19+/m1/s1. The van der Waals surface area contributed by atoms with E-state index in [0.717, 1.165) is 5.69 Å². The molecule has 2 aliphatic rings. The largest absolute Gasteiger partial charge is 0.343 e. The lowest BCUT2D eigenvalue weighted by atomic mass is 10.0. The SMILES string of the molecule is O=C1C[C@@H](n2nc(-c3cccc(F)c3)n(-c3ccccc3)c2=S)[C@@H]2CO[C@H]1O2. The van der Waals surface area contributed by atoms with Crippen LogP contribution in [0.15, 0.2) is 54.6 Å². The fourth-order valence-corrected chi connectivity index (χ4v) is 4.06. The van der Waals surface area contributed by atoms with Crippen molar-refractivity contribution in [1.82, 2.24) is 14.3 Å². The number of para-hydroxylation sites is 1. The van der Waals surface area contributed by atoms with E-state index < -0.39 is 6.29 Å². The van der Waals surface area contributed by atoms with Crippen LogP contribution >= 0.6 is 12.2 Å². The summed E-state index contributed by atoms with van der Waals surface area (Å²) in [5.74, 6) is 0.0206. The van der Waals surface area contributed by atoms with Crippen LogP contribution in [0.2, 0.25) is 0 Å². The molecular weight excluding hydrogens is 381 g/mol. The van der Waals surface area contributed by atoms with Gasteiger partial charge >= 0.3 is 0 Å². The first-order valence-electron chi connectivity index (χ1n) is 8.94. The highest BCUT2D eigenvalue weighted by atomic mass is 32.1. The zero-order valence-corrected chi connectivity index (χ0v) is 15.5. The molecule has 2 aromatic carbocycles. The van der Waals surface area contributed by atoms with Crippen LogP contribution in [-0.4, -0.2) is 39.1 Å². The van der Waals surface area contributed by atoms with Crippen molar-refractivity contribution >= 4 is 18.0 Å². The first-order valence-corrected chi connectivity index (χ1v) is 9.35. The van der Waals surface area contributed by atoms with Crippen molar-refractivity contribution in [3.05, 3.63) is 65.2 Å². The topological polar surface area (TPSA) is 58.3 Å². The number of benzene rings is 2. The van der Waals surface area contributed by atoms with E-state index in [1.165, 1.54) is 12.1 Å². The van der Waals surface area contributed by atoms with E-state index in [0.29, 0.717) is 22.8 Å². The summed E-state index contributed by atoms with van der Waals surface area (Å²) in [4.78, 5) is 12.2. The summed E-state index contributed by atoms with van der Waals surface area (Å²) in [6.07, 6.45) is -0.846. The molecule has 0 unspecified atom stereocenters. The number of hydrogen-bond acceptors (Lipinski definition) is 5. The number of hydrogen-bond donors (Lipinski definition) is 0. The molecule has 3 aromatic rings. The number of fused-ring (bicyclic) bond motifs is 2. The second-order valence-electron chi connectivity index (χ2n) is 6.81. The van der Waals surface area contributed by atoms with E-state index in [2.05, 4.69) is 0 Å². The third kappa shape index (κ3) is 2.81. The molecule has 6 nitrogen and oxygen atoms in total. The fraction of sp³-hybridized carbons (Fsp3) is 0.250. The molecule has 3 heterocycles. The molecule has 3 atom stereocenters. The Kier molecular flexibility index (Phi) is 4.19. The Morgan fingerprint density at radius 2 is 1.96 bits per heavy atom. The van der Waals surface area contributed by atoms with Crippen LogP contribution in [0.3, 0.4) is 0 Å². The molecule has 0 amide bonds. The lowest BCUT2D eigenvalue weighted by Gasteiger charge is -2.26. The smallest absolute Gasteiger partial charge is 0.218 e. The number of ketones is 1. The van der Waals surface area contributed by atoms with Gasteiger partial charge in [-0.15, -0.1) is 0 Å². The summed E-state index contributed by atoms with van der Waals surface area (Å²) in [5.41, 5.74) is 1.40. The molecule has 0 aliphatic carbocycles.